The first-order valence-corrected chi connectivity index (χ1v) is 10.0. The van der Waals surface area contributed by atoms with Crippen molar-refractivity contribution in [1.29, 1.82) is 0 Å². The maximum absolute atomic E-state index is 12.7. The molecule has 3 aromatic rings. The summed E-state index contributed by atoms with van der Waals surface area (Å²) in [6.45, 7) is 3.41. The number of hydrogen-bond acceptors (Lipinski definition) is 5. The van der Waals surface area contributed by atoms with Gasteiger partial charge in [-0.2, -0.15) is 0 Å². The first-order valence-electron chi connectivity index (χ1n) is 9.12. The van der Waals surface area contributed by atoms with Crippen LogP contribution in [0.4, 0.5) is 0 Å². The van der Waals surface area contributed by atoms with E-state index in [0.29, 0.717) is 31.6 Å². The van der Waals surface area contributed by atoms with Crippen molar-refractivity contribution in [2.24, 2.45) is 0 Å². The Morgan fingerprint density at radius 2 is 2.14 bits per heavy atom. The van der Waals surface area contributed by atoms with Gasteiger partial charge in [0.25, 0.3) is 0 Å². The van der Waals surface area contributed by atoms with Gasteiger partial charge < -0.3 is 19.2 Å². The topological polar surface area (TPSA) is 84.4 Å². The van der Waals surface area contributed by atoms with E-state index >= 15 is 0 Å². The van der Waals surface area contributed by atoms with Crippen LogP contribution in [0.1, 0.15) is 33.7 Å². The van der Waals surface area contributed by atoms with Gasteiger partial charge in [-0.15, -0.1) is 0 Å². The molecule has 0 unspecified atom stereocenters. The molecular weight excluding hydrogens is 378 g/mol. The maximum atomic E-state index is 12.7. The van der Waals surface area contributed by atoms with Crippen LogP contribution in [0.25, 0.3) is 10.9 Å². The number of carbonyl (C=O) groups excluding carboxylic acids is 2. The molecule has 7 nitrogen and oxygen atoms in total. The summed E-state index contributed by atoms with van der Waals surface area (Å²) in [4.78, 5) is 41.6. The predicted molar refractivity (Wildman–Crippen MR) is 107 cm³/mol. The van der Waals surface area contributed by atoms with Crippen molar-refractivity contribution in [1.82, 2.24) is 14.5 Å². The number of amides is 1. The highest BCUT2D eigenvalue weighted by molar-refractivity contribution is 7.07. The molecule has 0 aliphatic carbocycles. The van der Waals surface area contributed by atoms with Crippen molar-refractivity contribution in [3.63, 3.8) is 0 Å². The number of methoxy groups -OCH3 is 1. The van der Waals surface area contributed by atoms with Crippen molar-refractivity contribution in [3.05, 3.63) is 55.8 Å². The Kier molecular flexibility index (Phi) is 4.80. The number of carbonyl (C=O) groups is 2. The van der Waals surface area contributed by atoms with Crippen molar-refractivity contribution in [2.45, 2.75) is 32.9 Å². The fraction of sp³-hybridized carbons (Fsp3) is 0.350. The van der Waals surface area contributed by atoms with Gasteiger partial charge >= 0.3 is 10.8 Å². The molecule has 1 aliphatic rings. The van der Waals surface area contributed by atoms with Gasteiger partial charge in [0.1, 0.15) is 0 Å². The zero-order chi connectivity index (χ0) is 19.8. The molecule has 146 valence electrons. The average molecular weight is 399 g/mol. The minimum atomic E-state index is -0.378. The number of aromatic amines is 1. The van der Waals surface area contributed by atoms with E-state index in [1.54, 1.807) is 10.6 Å². The van der Waals surface area contributed by atoms with E-state index in [2.05, 4.69) is 4.98 Å². The molecule has 0 fully saturated rings. The van der Waals surface area contributed by atoms with Gasteiger partial charge in [0.2, 0.25) is 5.91 Å². The molecule has 4 rings (SSSR count). The van der Waals surface area contributed by atoms with E-state index in [1.165, 1.54) is 7.11 Å². The third-order valence-corrected chi connectivity index (χ3v) is 6.16. The summed E-state index contributed by atoms with van der Waals surface area (Å²) in [5.74, 6) is -0.348. The van der Waals surface area contributed by atoms with E-state index in [9.17, 15) is 14.4 Å². The molecule has 1 amide bonds. The quantitative estimate of drug-likeness (QED) is 0.683. The minimum absolute atomic E-state index is 0.0293. The first-order chi connectivity index (χ1) is 13.5. The molecule has 0 saturated carbocycles. The zero-order valence-electron chi connectivity index (χ0n) is 15.8. The van der Waals surface area contributed by atoms with Gasteiger partial charge in [-0.25, -0.2) is 4.79 Å². The van der Waals surface area contributed by atoms with Crippen LogP contribution in [0.2, 0.25) is 0 Å². The van der Waals surface area contributed by atoms with Gasteiger partial charge in [-0.3, -0.25) is 9.59 Å². The van der Waals surface area contributed by atoms with Gasteiger partial charge in [-0.05, 0) is 25.1 Å². The number of rotatable bonds is 4. The number of hydrogen-bond donors (Lipinski definition) is 1. The van der Waals surface area contributed by atoms with Crippen LogP contribution in [-0.2, 0) is 29.0 Å². The Hall–Kier alpha value is -2.87. The second-order valence-electron chi connectivity index (χ2n) is 6.94. The molecule has 28 heavy (non-hydrogen) atoms. The molecule has 0 radical (unpaired) electrons. The molecule has 1 N–H and O–H groups in total. The number of aromatic nitrogens is 2. The van der Waals surface area contributed by atoms with E-state index in [4.69, 9.17) is 4.74 Å². The summed E-state index contributed by atoms with van der Waals surface area (Å²) in [6.07, 6.45) is 1.03. The van der Waals surface area contributed by atoms with Crippen molar-refractivity contribution in [2.75, 3.05) is 13.7 Å². The van der Waals surface area contributed by atoms with Gasteiger partial charge in [0.15, 0.2) is 0 Å². The van der Waals surface area contributed by atoms with E-state index in [0.717, 1.165) is 45.6 Å². The summed E-state index contributed by atoms with van der Waals surface area (Å²) in [6, 6.07) is 5.43. The average Bonchev–Trinajstić information content (AvgIpc) is 3.23. The second-order valence-corrected chi connectivity index (χ2v) is 7.76. The number of esters is 1. The molecule has 2 aromatic heterocycles. The third kappa shape index (κ3) is 3.24. The number of fused-ring (bicyclic) bond motifs is 3. The van der Waals surface area contributed by atoms with E-state index in [1.807, 2.05) is 29.3 Å². The molecular formula is C20H21N3O4S. The predicted octanol–water partition coefficient (Wildman–Crippen LogP) is 2.46. The van der Waals surface area contributed by atoms with Gasteiger partial charge in [-0.1, -0.05) is 11.3 Å². The summed E-state index contributed by atoms with van der Waals surface area (Å²) in [5.41, 5.74) is 4.48. The first kappa shape index (κ1) is 18.5. The lowest BCUT2D eigenvalue weighted by Gasteiger charge is -2.27. The number of nitrogens with zero attached hydrogens (tertiary/aromatic N) is 2. The van der Waals surface area contributed by atoms with Crippen LogP contribution in [0.15, 0.2) is 28.4 Å². The lowest BCUT2D eigenvalue weighted by molar-refractivity contribution is -0.132. The fourth-order valence-electron chi connectivity index (χ4n) is 3.71. The SMILES string of the molecule is COC(=O)c1ccc2[nH]c3c(c2c1)CN(C(=O)CCn1c(C)csc1=O)CC3. The highest BCUT2D eigenvalue weighted by Gasteiger charge is 2.24. The largest absolute Gasteiger partial charge is 0.465 e. The molecule has 1 aromatic carbocycles. The van der Waals surface area contributed by atoms with Crippen LogP contribution in [0.5, 0.6) is 0 Å². The molecule has 0 saturated heterocycles. The van der Waals surface area contributed by atoms with E-state index in [-0.39, 0.29) is 16.7 Å². The highest BCUT2D eigenvalue weighted by atomic mass is 32.1. The van der Waals surface area contributed by atoms with Gasteiger partial charge in [0, 0.05) is 65.7 Å². The lowest BCUT2D eigenvalue weighted by atomic mass is 10.0. The van der Waals surface area contributed by atoms with Gasteiger partial charge in [0.05, 0.1) is 12.7 Å². The van der Waals surface area contributed by atoms with Crippen molar-refractivity contribution >= 4 is 34.1 Å². The summed E-state index contributed by atoms with van der Waals surface area (Å²) >= 11 is 1.16. The Morgan fingerprint density at radius 3 is 2.86 bits per heavy atom. The van der Waals surface area contributed by atoms with Crippen molar-refractivity contribution in [3.8, 4) is 0 Å². The zero-order valence-corrected chi connectivity index (χ0v) is 16.6. The van der Waals surface area contributed by atoms with Crippen LogP contribution in [-0.4, -0.2) is 40.0 Å². The molecule has 1 aliphatic heterocycles. The molecule has 0 bridgehead atoms. The standard InChI is InChI=1S/C20H21N3O4S/c1-12-11-28-20(26)23(12)8-6-18(24)22-7-5-17-15(10-22)14-9-13(19(25)27-2)3-4-16(14)21-17/h3-4,9,11,21H,5-8,10H2,1-2H3. The van der Waals surface area contributed by atoms with Crippen LogP contribution >= 0.6 is 11.3 Å². The van der Waals surface area contributed by atoms with Crippen LogP contribution in [0.3, 0.4) is 0 Å². The molecule has 0 atom stereocenters. The molecule has 3 heterocycles. The highest BCUT2D eigenvalue weighted by Crippen LogP contribution is 2.29. The Balaban J connectivity index is 1.54. The van der Waals surface area contributed by atoms with Crippen LogP contribution < -0.4 is 4.87 Å². The number of H-pyrrole nitrogens is 1. The number of benzene rings is 1. The Morgan fingerprint density at radius 1 is 1.32 bits per heavy atom. The Labute approximate surface area is 165 Å². The van der Waals surface area contributed by atoms with Crippen molar-refractivity contribution < 1.29 is 14.3 Å². The minimum Gasteiger partial charge on any atom is -0.465 e. The normalized spacial score (nSPS) is 13.6. The Bertz CT molecular complexity index is 1120. The summed E-state index contributed by atoms with van der Waals surface area (Å²) in [5, 5.41) is 2.76. The summed E-state index contributed by atoms with van der Waals surface area (Å²) < 4.78 is 6.46. The lowest BCUT2D eigenvalue weighted by Crippen LogP contribution is -2.36. The van der Waals surface area contributed by atoms with E-state index < -0.39 is 0 Å². The number of nitrogens with one attached hydrogen (secondary N) is 1. The fourth-order valence-corrected chi connectivity index (χ4v) is 4.47. The smallest absolute Gasteiger partial charge is 0.337 e. The maximum Gasteiger partial charge on any atom is 0.337 e. The monoisotopic (exact) mass is 399 g/mol. The number of ether oxygens (including phenoxy) is 1. The molecule has 8 heteroatoms. The second kappa shape index (κ2) is 7.27. The third-order valence-electron chi connectivity index (χ3n) is 5.27. The number of aryl methyl sites for hydroxylation is 1. The molecule has 0 spiro atoms. The number of thiazole rings is 1. The van der Waals surface area contributed by atoms with Crippen LogP contribution in [0, 0.1) is 6.92 Å². The summed E-state index contributed by atoms with van der Waals surface area (Å²) in [7, 11) is 1.36.